The molecule has 0 spiro atoms. The summed E-state index contributed by atoms with van der Waals surface area (Å²) in [6.07, 6.45) is 0.750. The maximum absolute atomic E-state index is 13.5. The van der Waals surface area contributed by atoms with Crippen LogP contribution in [0.3, 0.4) is 0 Å². The number of nitrogens with one attached hydrogen (secondary N) is 2. The lowest BCUT2D eigenvalue weighted by Crippen LogP contribution is -2.22. The first-order chi connectivity index (χ1) is 14.0. The molecule has 0 aliphatic rings. The Hall–Kier alpha value is -3.26. The molecule has 2 amide bonds. The summed E-state index contributed by atoms with van der Waals surface area (Å²) >= 11 is 1.30. The highest BCUT2D eigenvalue weighted by Crippen LogP contribution is 2.25. The van der Waals surface area contributed by atoms with E-state index in [1.165, 1.54) is 30.4 Å². The number of nitrogens with zero attached hydrogens (tertiary/aromatic N) is 1. The highest BCUT2D eigenvalue weighted by molar-refractivity contribution is 7.14. The van der Waals surface area contributed by atoms with Crippen LogP contribution < -0.4 is 15.4 Å². The van der Waals surface area contributed by atoms with Crippen LogP contribution in [0.25, 0.3) is 11.3 Å². The molecule has 0 aliphatic heterocycles. The van der Waals surface area contributed by atoms with Gasteiger partial charge in [-0.1, -0.05) is 36.4 Å². The zero-order valence-corrected chi connectivity index (χ0v) is 16.6. The second-order valence-corrected chi connectivity index (χ2v) is 7.09. The van der Waals surface area contributed by atoms with E-state index in [0.29, 0.717) is 11.7 Å². The zero-order chi connectivity index (χ0) is 20.6. The van der Waals surface area contributed by atoms with E-state index in [0.717, 1.165) is 23.2 Å². The fourth-order valence-electron chi connectivity index (χ4n) is 2.55. The van der Waals surface area contributed by atoms with Crippen molar-refractivity contribution in [2.75, 3.05) is 18.5 Å². The minimum absolute atomic E-state index is 0.0288. The number of carbonyl (C=O) groups excluding carboxylic acids is 2. The first kappa shape index (κ1) is 20.5. The molecule has 1 heterocycles. The van der Waals surface area contributed by atoms with Crippen molar-refractivity contribution in [1.29, 1.82) is 0 Å². The van der Waals surface area contributed by atoms with Gasteiger partial charge in [0.2, 0.25) is 5.91 Å². The number of hydrogen-bond acceptors (Lipinski definition) is 5. The SMILES string of the molecule is CC(=O)NCCc1ccc(-c2csc(NC(=O)COc3ccccc3F)n2)cc1. The smallest absolute Gasteiger partial charge is 0.264 e. The summed E-state index contributed by atoms with van der Waals surface area (Å²) in [6.45, 7) is 1.78. The summed E-state index contributed by atoms with van der Waals surface area (Å²) in [6, 6.07) is 13.8. The van der Waals surface area contributed by atoms with Crippen molar-refractivity contribution in [3.63, 3.8) is 0 Å². The van der Waals surface area contributed by atoms with E-state index in [2.05, 4.69) is 15.6 Å². The molecule has 0 radical (unpaired) electrons. The Balaban J connectivity index is 1.52. The topological polar surface area (TPSA) is 80.3 Å². The Morgan fingerprint density at radius 1 is 1.14 bits per heavy atom. The van der Waals surface area contributed by atoms with Crippen LogP contribution in [0.4, 0.5) is 9.52 Å². The number of rotatable bonds is 8. The summed E-state index contributed by atoms with van der Waals surface area (Å²) in [5, 5.41) is 7.71. The molecule has 0 aliphatic carbocycles. The predicted molar refractivity (Wildman–Crippen MR) is 110 cm³/mol. The van der Waals surface area contributed by atoms with Gasteiger partial charge in [-0.2, -0.15) is 0 Å². The van der Waals surface area contributed by atoms with Crippen molar-refractivity contribution in [3.8, 4) is 17.0 Å². The van der Waals surface area contributed by atoms with E-state index >= 15 is 0 Å². The molecule has 150 valence electrons. The van der Waals surface area contributed by atoms with E-state index < -0.39 is 11.7 Å². The number of carbonyl (C=O) groups is 2. The average molecular weight is 413 g/mol. The van der Waals surface area contributed by atoms with Gasteiger partial charge in [-0.3, -0.25) is 14.9 Å². The molecule has 3 aromatic rings. The fourth-order valence-corrected chi connectivity index (χ4v) is 3.29. The van der Waals surface area contributed by atoms with Gasteiger partial charge in [0.1, 0.15) is 0 Å². The summed E-state index contributed by atoms with van der Waals surface area (Å²) in [4.78, 5) is 27.3. The number of hydrogen-bond donors (Lipinski definition) is 2. The average Bonchev–Trinajstić information content (AvgIpc) is 3.16. The predicted octanol–water partition coefficient (Wildman–Crippen LogP) is 3.65. The van der Waals surface area contributed by atoms with Crippen LogP contribution >= 0.6 is 11.3 Å². The molecule has 0 bridgehead atoms. The van der Waals surface area contributed by atoms with Crippen LogP contribution in [0.1, 0.15) is 12.5 Å². The van der Waals surface area contributed by atoms with Gasteiger partial charge in [-0.25, -0.2) is 9.37 Å². The Morgan fingerprint density at radius 3 is 2.62 bits per heavy atom. The molecule has 0 saturated heterocycles. The van der Waals surface area contributed by atoms with Gasteiger partial charge in [0.25, 0.3) is 5.91 Å². The van der Waals surface area contributed by atoms with Crippen molar-refractivity contribution >= 4 is 28.3 Å². The van der Waals surface area contributed by atoms with Crippen molar-refractivity contribution in [3.05, 3.63) is 65.3 Å². The lowest BCUT2D eigenvalue weighted by molar-refractivity contribution is -0.119. The maximum atomic E-state index is 13.5. The standard InChI is InChI=1S/C21H20FN3O3S/c1-14(26)23-11-10-15-6-8-16(9-7-15)18-13-29-21(24-18)25-20(27)12-28-19-5-3-2-4-17(19)22/h2-9,13H,10-12H2,1H3,(H,23,26)(H,24,25,27). The third kappa shape index (κ3) is 6.11. The van der Waals surface area contributed by atoms with Gasteiger partial charge in [0, 0.05) is 24.4 Å². The largest absolute Gasteiger partial charge is 0.481 e. The number of aromatic nitrogens is 1. The number of ether oxygens (including phenoxy) is 1. The Morgan fingerprint density at radius 2 is 1.90 bits per heavy atom. The molecule has 1 aromatic heterocycles. The quantitative estimate of drug-likeness (QED) is 0.591. The number of thiazole rings is 1. The van der Waals surface area contributed by atoms with Crippen LogP contribution in [0.15, 0.2) is 53.9 Å². The van der Waals surface area contributed by atoms with Crippen LogP contribution in [0, 0.1) is 5.82 Å². The van der Waals surface area contributed by atoms with Crippen LogP contribution in [0.5, 0.6) is 5.75 Å². The summed E-state index contributed by atoms with van der Waals surface area (Å²) in [5.41, 5.74) is 2.78. The van der Waals surface area contributed by atoms with E-state index in [1.807, 2.05) is 29.6 Å². The molecule has 2 aromatic carbocycles. The Kier molecular flexibility index (Phi) is 6.91. The van der Waals surface area contributed by atoms with Gasteiger partial charge in [-0.05, 0) is 24.1 Å². The maximum Gasteiger partial charge on any atom is 0.264 e. The van der Waals surface area contributed by atoms with Crippen molar-refractivity contribution < 1.29 is 18.7 Å². The van der Waals surface area contributed by atoms with Gasteiger partial charge in [0.05, 0.1) is 5.69 Å². The zero-order valence-electron chi connectivity index (χ0n) is 15.8. The number of amides is 2. The Bertz CT molecular complexity index is 989. The molecule has 0 unspecified atom stereocenters. The molecule has 6 nitrogen and oxygen atoms in total. The monoisotopic (exact) mass is 413 g/mol. The molecule has 0 fully saturated rings. The minimum atomic E-state index is -0.516. The molecular weight excluding hydrogens is 393 g/mol. The van der Waals surface area contributed by atoms with E-state index in [9.17, 15) is 14.0 Å². The molecule has 0 saturated carbocycles. The summed E-state index contributed by atoms with van der Waals surface area (Å²) in [5.74, 6) is -0.945. The second-order valence-electron chi connectivity index (χ2n) is 6.24. The minimum Gasteiger partial charge on any atom is -0.481 e. The second kappa shape index (κ2) is 9.79. The molecular formula is C21H20FN3O3S. The lowest BCUT2D eigenvalue weighted by atomic mass is 10.1. The fraction of sp³-hybridized carbons (Fsp3) is 0.190. The lowest BCUT2D eigenvalue weighted by Gasteiger charge is -2.06. The molecule has 8 heteroatoms. The molecule has 2 N–H and O–H groups in total. The Labute approximate surface area is 171 Å². The molecule has 3 rings (SSSR count). The van der Waals surface area contributed by atoms with E-state index in [4.69, 9.17) is 4.74 Å². The van der Waals surface area contributed by atoms with Crippen molar-refractivity contribution in [1.82, 2.24) is 10.3 Å². The summed E-state index contributed by atoms with van der Waals surface area (Å²) < 4.78 is 18.7. The number of benzene rings is 2. The summed E-state index contributed by atoms with van der Waals surface area (Å²) in [7, 11) is 0. The highest BCUT2D eigenvalue weighted by Gasteiger charge is 2.10. The first-order valence-electron chi connectivity index (χ1n) is 8.98. The third-order valence-corrected chi connectivity index (χ3v) is 4.74. The normalized spacial score (nSPS) is 10.4. The van der Waals surface area contributed by atoms with Gasteiger partial charge in [-0.15, -0.1) is 11.3 Å². The van der Waals surface area contributed by atoms with E-state index in [-0.39, 0.29) is 18.3 Å². The van der Waals surface area contributed by atoms with Gasteiger partial charge in [0.15, 0.2) is 23.3 Å². The van der Waals surface area contributed by atoms with Gasteiger partial charge < -0.3 is 10.1 Å². The van der Waals surface area contributed by atoms with Gasteiger partial charge >= 0.3 is 0 Å². The van der Waals surface area contributed by atoms with Crippen molar-refractivity contribution in [2.24, 2.45) is 0 Å². The number of para-hydroxylation sites is 1. The number of anilines is 1. The molecule has 29 heavy (non-hydrogen) atoms. The van der Waals surface area contributed by atoms with Crippen LogP contribution in [-0.2, 0) is 16.0 Å². The van der Waals surface area contributed by atoms with Crippen molar-refractivity contribution in [2.45, 2.75) is 13.3 Å². The highest BCUT2D eigenvalue weighted by atomic mass is 32.1. The van der Waals surface area contributed by atoms with Crippen LogP contribution in [-0.4, -0.2) is 29.9 Å². The van der Waals surface area contributed by atoms with E-state index in [1.54, 1.807) is 12.1 Å². The molecule has 0 atom stereocenters. The third-order valence-electron chi connectivity index (χ3n) is 3.98. The number of halogens is 1. The van der Waals surface area contributed by atoms with Crippen LogP contribution in [0.2, 0.25) is 0 Å². The first-order valence-corrected chi connectivity index (χ1v) is 9.85.